The number of hydrogen-bond acceptors (Lipinski definition) is 3. The molecule has 2 rings (SSSR count). The molecule has 0 N–H and O–H groups in total. The highest BCUT2D eigenvalue weighted by Crippen LogP contribution is 2.21. The lowest BCUT2D eigenvalue weighted by atomic mass is 10.1. The zero-order valence-corrected chi connectivity index (χ0v) is 9.05. The standard InChI is InChI=1S/C13H12N2O/c1-3-12-5-4-11(9-15-12)10-6-7-14-13(8-10)16-2/h3-9H,1H2,2H3. The van der Waals surface area contributed by atoms with Gasteiger partial charge in [0.1, 0.15) is 0 Å². The Labute approximate surface area is 94.4 Å². The van der Waals surface area contributed by atoms with Crippen LogP contribution < -0.4 is 4.74 Å². The van der Waals surface area contributed by atoms with Crippen molar-refractivity contribution in [2.75, 3.05) is 7.11 Å². The van der Waals surface area contributed by atoms with Gasteiger partial charge in [-0.1, -0.05) is 12.6 Å². The molecular formula is C13H12N2O. The van der Waals surface area contributed by atoms with Crippen molar-refractivity contribution in [1.29, 1.82) is 0 Å². The van der Waals surface area contributed by atoms with Gasteiger partial charge in [0, 0.05) is 24.0 Å². The van der Waals surface area contributed by atoms with E-state index >= 15 is 0 Å². The Bertz CT molecular complexity index is 492. The molecule has 0 aliphatic rings. The molecule has 80 valence electrons. The summed E-state index contributed by atoms with van der Waals surface area (Å²) in [6.07, 6.45) is 5.25. The lowest BCUT2D eigenvalue weighted by Crippen LogP contribution is -1.88. The molecule has 0 aliphatic carbocycles. The van der Waals surface area contributed by atoms with Gasteiger partial charge in [0.25, 0.3) is 0 Å². The predicted molar refractivity (Wildman–Crippen MR) is 64.1 cm³/mol. The highest BCUT2D eigenvalue weighted by Gasteiger charge is 2.00. The second kappa shape index (κ2) is 4.57. The van der Waals surface area contributed by atoms with Crippen molar-refractivity contribution in [1.82, 2.24) is 9.97 Å². The van der Waals surface area contributed by atoms with Crippen molar-refractivity contribution in [2.45, 2.75) is 0 Å². The first-order valence-corrected chi connectivity index (χ1v) is 4.92. The third-order valence-electron chi connectivity index (χ3n) is 2.27. The summed E-state index contributed by atoms with van der Waals surface area (Å²) in [7, 11) is 1.60. The van der Waals surface area contributed by atoms with E-state index in [1.165, 1.54) is 0 Å². The molecule has 0 fully saturated rings. The number of hydrogen-bond donors (Lipinski definition) is 0. The van der Waals surface area contributed by atoms with Gasteiger partial charge >= 0.3 is 0 Å². The maximum absolute atomic E-state index is 5.07. The van der Waals surface area contributed by atoms with E-state index in [1.54, 1.807) is 19.4 Å². The van der Waals surface area contributed by atoms with Gasteiger partial charge in [-0.25, -0.2) is 4.98 Å². The van der Waals surface area contributed by atoms with E-state index in [9.17, 15) is 0 Å². The van der Waals surface area contributed by atoms with Crippen molar-refractivity contribution >= 4 is 6.08 Å². The van der Waals surface area contributed by atoms with Gasteiger partial charge in [-0.15, -0.1) is 0 Å². The summed E-state index contributed by atoms with van der Waals surface area (Å²) in [5.41, 5.74) is 2.94. The molecule has 2 heterocycles. The lowest BCUT2D eigenvalue weighted by Gasteiger charge is -2.03. The first kappa shape index (κ1) is 10.4. The first-order valence-electron chi connectivity index (χ1n) is 4.92. The molecule has 2 aromatic rings. The molecule has 0 unspecified atom stereocenters. The van der Waals surface area contributed by atoms with Crippen LogP contribution in [0.1, 0.15) is 5.69 Å². The molecule has 0 saturated carbocycles. The van der Waals surface area contributed by atoms with Gasteiger partial charge in [0.15, 0.2) is 0 Å². The summed E-state index contributed by atoms with van der Waals surface area (Å²) in [4.78, 5) is 8.31. The van der Waals surface area contributed by atoms with E-state index in [0.29, 0.717) is 5.88 Å². The zero-order chi connectivity index (χ0) is 11.4. The van der Waals surface area contributed by atoms with Crippen LogP contribution in [0.4, 0.5) is 0 Å². The Hall–Kier alpha value is -2.16. The van der Waals surface area contributed by atoms with Crippen LogP contribution in [0.5, 0.6) is 5.88 Å². The maximum Gasteiger partial charge on any atom is 0.213 e. The maximum atomic E-state index is 5.07. The van der Waals surface area contributed by atoms with E-state index in [-0.39, 0.29) is 0 Å². The third kappa shape index (κ3) is 2.08. The fourth-order valence-electron chi connectivity index (χ4n) is 1.40. The molecule has 0 aliphatic heterocycles. The number of nitrogens with zero attached hydrogens (tertiary/aromatic N) is 2. The Kier molecular flexibility index (Phi) is 2.96. The molecule has 3 heteroatoms. The summed E-state index contributed by atoms with van der Waals surface area (Å²) in [5, 5.41) is 0. The van der Waals surface area contributed by atoms with Gasteiger partial charge in [0.2, 0.25) is 5.88 Å². The molecule has 2 aromatic heterocycles. The van der Waals surface area contributed by atoms with E-state index < -0.39 is 0 Å². The lowest BCUT2D eigenvalue weighted by molar-refractivity contribution is 0.398. The Morgan fingerprint density at radius 1 is 1.19 bits per heavy atom. The summed E-state index contributed by atoms with van der Waals surface area (Å²) in [6.45, 7) is 3.67. The van der Waals surface area contributed by atoms with Crippen molar-refractivity contribution in [3.05, 3.63) is 48.9 Å². The summed E-state index contributed by atoms with van der Waals surface area (Å²) in [5.74, 6) is 0.602. The van der Waals surface area contributed by atoms with Gasteiger partial charge in [-0.05, 0) is 23.8 Å². The Morgan fingerprint density at radius 2 is 2.06 bits per heavy atom. The van der Waals surface area contributed by atoms with Crippen molar-refractivity contribution in [3.63, 3.8) is 0 Å². The van der Waals surface area contributed by atoms with Crippen LogP contribution in [0.2, 0.25) is 0 Å². The minimum atomic E-state index is 0.602. The highest BCUT2D eigenvalue weighted by atomic mass is 16.5. The Balaban J connectivity index is 2.38. The zero-order valence-electron chi connectivity index (χ0n) is 9.05. The summed E-state index contributed by atoms with van der Waals surface area (Å²) in [6, 6.07) is 7.73. The predicted octanol–water partition coefficient (Wildman–Crippen LogP) is 2.80. The Morgan fingerprint density at radius 3 is 2.69 bits per heavy atom. The summed E-state index contributed by atoms with van der Waals surface area (Å²) >= 11 is 0. The number of rotatable bonds is 3. The molecule has 0 spiro atoms. The number of aromatic nitrogens is 2. The second-order valence-corrected chi connectivity index (χ2v) is 3.26. The van der Waals surface area contributed by atoms with E-state index in [2.05, 4.69) is 16.5 Å². The SMILES string of the molecule is C=Cc1ccc(-c2ccnc(OC)c2)cn1. The number of ether oxygens (including phenoxy) is 1. The second-order valence-electron chi connectivity index (χ2n) is 3.26. The molecule has 0 saturated heterocycles. The molecule has 0 amide bonds. The molecule has 0 radical (unpaired) electrons. The van der Waals surface area contributed by atoms with Gasteiger partial charge in [0.05, 0.1) is 12.8 Å². The van der Waals surface area contributed by atoms with Gasteiger partial charge < -0.3 is 4.74 Å². The average Bonchev–Trinajstić information content (AvgIpc) is 2.39. The fraction of sp³-hybridized carbons (Fsp3) is 0.0769. The largest absolute Gasteiger partial charge is 0.481 e. The first-order chi connectivity index (χ1) is 7.83. The number of methoxy groups -OCH3 is 1. The third-order valence-corrected chi connectivity index (χ3v) is 2.27. The van der Waals surface area contributed by atoms with Crippen LogP contribution in [0.25, 0.3) is 17.2 Å². The fourth-order valence-corrected chi connectivity index (χ4v) is 1.40. The smallest absolute Gasteiger partial charge is 0.213 e. The van der Waals surface area contributed by atoms with E-state index in [4.69, 9.17) is 4.74 Å². The minimum Gasteiger partial charge on any atom is -0.481 e. The van der Waals surface area contributed by atoms with Gasteiger partial charge in [-0.2, -0.15) is 0 Å². The van der Waals surface area contributed by atoms with Gasteiger partial charge in [-0.3, -0.25) is 4.98 Å². The average molecular weight is 212 g/mol. The minimum absolute atomic E-state index is 0.602. The molecule has 3 nitrogen and oxygen atoms in total. The van der Waals surface area contributed by atoms with Crippen LogP contribution in [-0.4, -0.2) is 17.1 Å². The molecule has 0 bridgehead atoms. The van der Waals surface area contributed by atoms with Crippen LogP contribution in [0.3, 0.4) is 0 Å². The van der Waals surface area contributed by atoms with E-state index in [1.807, 2.05) is 30.5 Å². The highest BCUT2D eigenvalue weighted by molar-refractivity contribution is 5.64. The monoisotopic (exact) mass is 212 g/mol. The van der Waals surface area contributed by atoms with Crippen LogP contribution in [0, 0.1) is 0 Å². The molecule has 0 aromatic carbocycles. The molecular weight excluding hydrogens is 200 g/mol. The molecule has 0 atom stereocenters. The topological polar surface area (TPSA) is 35.0 Å². The van der Waals surface area contributed by atoms with Crippen LogP contribution >= 0.6 is 0 Å². The van der Waals surface area contributed by atoms with Crippen LogP contribution in [0.15, 0.2) is 43.2 Å². The van der Waals surface area contributed by atoms with Crippen molar-refractivity contribution < 1.29 is 4.74 Å². The quantitative estimate of drug-likeness (QED) is 0.784. The van der Waals surface area contributed by atoms with Crippen molar-refractivity contribution in [2.24, 2.45) is 0 Å². The molecule has 16 heavy (non-hydrogen) atoms. The van der Waals surface area contributed by atoms with E-state index in [0.717, 1.165) is 16.8 Å². The van der Waals surface area contributed by atoms with Crippen LogP contribution in [-0.2, 0) is 0 Å². The normalized spacial score (nSPS) is 9.81. The van der Waals surface area contributed by atoms with Crippen molar-refractivity contribution in [3.8, 4) is 17.0 Å². The summed E-state index contributed by atoms with van der Waals surface area (Å²) < 4.78 is 5.07. The number of pyridine rings is 2.